The normalized spacial score (nSPS) is 12.3. The lowest BCUT2D eigenvalue weighted by Gasteiger charge is -1.99. The number of nitrogens with zero attached hydrogens (tertiary/aromatic N) is 2. The van der Waals surface area contributed by atoms with Crippen molar-refractivity contribution in [3.63, 3.8) is 0 Å². The summed E-state index contributed by atoms with van der Waals surface area (Å²) in [6, 6.07) is -0.505. The van der Waals surface area contributed by atoms with Crippen LogP contribution in [0.3, 0.4) is 0 Å². The van der Waals surface area contributed by atoms with Gasteiger partial charge in [0, 0.05) is 11.1 Å². The number of H-pyrrole nitrogens is 1. The van der Waals surface area contributed by atoms with E-state index in [0.29, 0.717) is 0 Å². The zero-order chi connectivity index (χ0) is 9.14. The van der Waals surface area contributed by atoms with E-state index in [-0.39, 0.29) is 5.69 Å². The van der Waals surface area contributed by atoms with Crippen molar-refractivity contribution in [1.82, 2.24) is 10.2 Å². The van der Waals surface area contributed by atoms with Crippen molar-refractivity contribution < 1.29 is 14.8 Å². The van der Waals surface area contributed by atoms with Gasteiger partial charge in [-0.2, -0.15) is 5.10 Å². The number of hydrogen-bond acceptors (Lipinski definition) is 4. The molecule has 0 saturated heterocycles. The summed E-state index contributed by atoms with van der Waals surface area (Å²) < 4.78 is 0. The molecule has 0 aliphatic heterocycles. The van der Waals surface area contributed by atoms with Crippen molar-refractivity contribution >= 4 is 5.97 Å². The average Bonchev–Trinajstić information content (AvgIpc) is 2.37. The lowest BCUT2D eigenvalue weighted by Crippen LogP contribution is -2.20. The van der Waals surface area contributed by atoms with Gasteiger partial charge in [0.05, 0.1) is 0 Å². The van der Waals surface area contributed by atoms with E-state index in [1.165, 1.54) is 12.3 Å². The van der Waals surface area contributed by atoms with Crippen LogP contribution in [0.15, 0.2) is 12.3 Å². The molecule has 7 heteroatoms. The number of hydrogen-bond donors (Lipinski definition) is 2. The lowest BCUT2D eigenvalue weighted by atomic mass is 10.2. The molecule has 0 bridgehead atoms. The SMILES string of the molecule is O=C(O)C(c1ccn[nH]1)[N+](=O)[O-]. The van der Waals surface area contributed by atoms with Gasteiger partial charge in [0.2, 0.25) is 0 Å². The minimum absolute atomic E-state index is 0.0347. The molecule has 1 atom stereocenters. The van der Waals surface area contributed by atoms with Crippen molar-refractivity contribution in [2.24, 2.45) is 0 Å². The van der Waals surface area contributed by atoms with Gasteiger partial charge in [0.15, 0.2) is 0 Å². The van der Waals surface area contributed by atoms with Gasteiger partial charge < -0.3 is 5.11 Å². The quantitative estimate of drug-likeness (QED) is 0.484. The van der Waals surface area contributed by atoms with Gasteiger partial charge >= 0.3 is 12.0 Å². The molecule has 1 unspecified atom stereocenters. The summed E-state index contributed by atoms with van der Waals surface area (Å²) >= 11 is 0. The fourth-order valence-corrected chi connectivity index (χ4v) is 0.756. The Balaban J connectivity index is 2.96. The predicted molar refractivity (Wildman–Crippen MR) is 36.0 cm³/mol. The van der Waals surface area contributed by atoms with E-state index >= 15 is 0 Å². The van der Waals surface area contributed by atoms with Crippen LogP contribution in [0.25, 0.3) is 0 Å². The van der Waals surface area contributed by atoms with Gasteiger partial charge in [-0.15, -0.1) is 0 Å². The number of nitro groups is 1. The topological polar surface area (TPSA) is 109 Å². The number of carboxylic acids is 1. The minimum atomic E-state index is -1.76. The number of rotatable bonds is 3. The maximum atomic E-state index is 10.3. The second kappa shape index (κ2) is 2.99. The average molecular weight is 171 g/mol. The summed E-state index contributed by atoms with van der Waals surface area (Å²) in [5, 5.41) is 24.3. The smallest absolute Gasteiger partial charge is 0.385 e. The predicted octanol–water partition coefficient (Wildman–Crippen LogP) is -0.188. The van der Waals surface area contributed by atoms with Crippen molar-refractivity contribution in [2.45, 2.75) is 6.04 Å². The first kappa shape index (κ1) is 8.18. The van der Waals surface area contributed by atoms with Gasteiger partial charge in [-0.25, -0.2) is 4.79 Å². The highest BCUT2D eigenvalue weighted by atomic mass is 16.6. The van der Waals surface area contributed by atoms with Gasteiger partial charge in [-0.1, -0.05) is 0 Å². The summed E-state index contributed by atoms with van der Waals surface area (Å²) in [5.74, 6) is -1.51. The molecule has 2 N–H and O–H groups in total. The third-order valence-corrected chi connectivity index (χ3v) is 1.26. The Bertz CT molecular complexity index is 280. The minimum Gasteiger partial charge on any atom is -0.476 e. The standard InChI is InChI=1S/C5H5N3O4/c9-5(10)4(8(11)12)3-1-2-6-7-3/h1-2,4H,(H,6,7)(H,9,10). The molecule has 0 saturated carbocycles. The van der Waals surface area contributed by atoms with E-state index in [1.807, 2.05) is 0 Å². The van der Waals surface area contributed by atoms with Crippen LogP contribution in [0.4, 0.5) is 0 Å². The summed E-state index contributed by atoms with van der Waals surface area (Å²) in [4.78, 5) is 19.7. The van der Waals surface area contributed by atoms with E-state index in [2.05, 4.69) is 10.2 Å². The maximum Gasteiger partial charge on any atom is 0.385 e. The third-order valence-electron chi connectivity index (χ3n) is 1.26. The number of aromatic nitrogens is 2. The Morgan fingerprint density at radius 3 is 2.83 bits per heavy atom. The van der Waals surface area contributed by atoms with Crippen LogP contribution < -0.4 is 0 Å². The van der Waals surface area contributed by atoms with Gasteiger partial charge in [0.1, 0.15) is 5.69 Å². The number of carbonyl (C=O) groups is 1. The number of aliphatic carboxylic acids is 1. The van der Waals surface area contributed by atoms with Gasteiger partial charge in [0.25, 0.3) is 0 Å². The monoisotopic (exact) mass is 171 g/mol. The first-order valence-electron chi connectivity index (χ1n) is 2.98. The van der Waals surface area contributed by atoms with Crippen LogP contribution >= 0.6 is 0 Å². The summed E-state index contributed by atoms with van der Waals surface area (Å²) in [6.07, 6.45) is 1.26. The number of aromatic amines is 1. The number of carboxylic acid groups (broad SMARTS) is 1. The van der Waals surface area contributed by atoms with Gasteiger partial charge in [-0.3, -0.25) is 15.2 Å². The van der Waals surface area contributed by atoms with Crippen molar-refractivity contribution in [1.29, 1.82) is 0 Å². The number of nitrogens with one attached hydrogen (secondary N) is 1. The molecule has 1 aromatic heterocycles. The maximum absolute atomic E-state index is 10.3. The summed E-state index contributed by atoms with van der Waals surface area (Å²) in [6.45, 7) is 0. The molecule has 0 aliphatic rings. The highest BCUT2D eigenvalue weighted by Gasteiger charge is 2.32. The molecule has 1 aromatic rings. The largest absolute Gasteiger partial charge is 0.476 e. The second-order valence-corrected chi connectivity index (χ2v) is 2.04. The molecule has 64 valence electrons. The van der Waals surface area contributed by atoms with Crippen LogP contribution in [0.5, 0.6) is 0 Å². The third kappa shape index (κ3) is 1.39. The Morgan fingerprint density at radius 1 is 1.83 bits per heavy atom. The molecule has 7 nitrogen and oxygen atoms in total. The molecule has 0 aromatic carbocycles. The Kier molecular flexibility index (Phi) is 2.04. The molecule has 1 rings (SSSR count). The van der Waals surface area contributed by atoms with E-state index in [9.17, 15) is 14.9 Å². The highest BCUT2D eigenvalue weighted by molar-refractivity contribution is 5.73. The van der Waals surface area contributed by atoms with E-state index < -0.39 is 16.9 Å². The van der Waals surface area contributed by atoms with Gasteiger partial charge in [-0.05, 0) is 6.07 Å². The van der Waals surface area contributed by atoms with E-state index in [1.54, 1.807) is 0 Å². The Morgan fingerprint density at radius 2 is 2.50 bits per heavy atom. The van der Waals surface area contributed by atoms with Crippen LogP contribution in [-0.2, 0) is 4.79 Å². The molecule has 12 heavy (non-hydrogen) atoms. The van der Waals surface area contributed by atoms with Crippen LogP contribution in [0.1, 0.15) is 11.7 Å². The van der Waals surface area contributed by atoms with Crippen molar-refractivity contribution in [3.05, 3.63) is 28.1 Å². The fourth-order valence-electron chi connectivity index (χ4n) is 0.756. The molecule has 0 fully saturated rings. The van der Waals surface area contributed by atoms with E-state index in [4.69, 9.17) is 5.11 Å². The summed E-state index contributed by atoms with van der Waals surface area (Å²) in [5.41, 5.74) is -0.0347. The van der Waals surface area contributed by atoms with Crippen LogP contribution in [-0.4, -0.2) is 26.2 Å². The first-order valence-corrected chi connectivity index (χ1v) is 2.98. The van der Waals surface area contributed by atoms with Crippen molar-refractivity contribution in [2.75, 3.05) is 0 Å². The summed E-state index contributed by atoms with van der Waals surface area (Å²) in [7, 11) is 0. The van der Waals surface area contributed by atoms with Crippen LogP contribution in [0, 0.1) is 10.1 Å². The molecular formula is C5H5N3O4. The molecule has 0 radical (unpaired) electrons. The first-order chi connectivity index (χ1) is 5.63. The zero-order valence-electron chi connectivity index (χ0n) is 5.80. The molecule has 0 amide bonds. The van der Waals surface area contributed by atoms with Crippen molar-refractivity contribution in [3.8, 4) is 0 Å². The Hall–Kier alpha value is -1.92. The zero-order valence-corrected chi connectivity index (χ0v) is 5.80. The Labute approximate surface area is 66.2 Å². The molecule has 1 heterocycles. The highest BCUT2D eigenvalue weighted by Crippen LogP contribution is 2.12. The second-order valence-electron chi connectivity index (χ2n) is 2.04. The van der Waals surface area contributed by atoms with E-state index in [0.717, 1.165) is 0 Å². The fraction of sp³-hybridized carbons (Fsp3) is 0.200. The molecule has 0 spiro atoms. The lowest BCUT2D eigenvalue weighted by molar-refractivity contribution is -0.516. The molecule has 0 aliphatic carbocycles. The van der Waals surface area contributed by atoms with Crippen LogP contribution in [0.2, 0.25) is 0 Å². The molecular weight excluding hydrogens is 166 g/mol.